The van der Waals surface area contributed by atoms with Crippen molar-refractivity contribution in [2.75, 3.05) is 20.6 Å². The molecule has 1 aliphatic rings. The summed E-state index contributed by atoms with van der Waals surface area (Å²) in [4.78, 5) is 17.7. The maximum atomic E-state index is 12.9. The Morgan fingerprint density at radius 3 is 2.50 bits per heavy atom. The highest BCUT2D eigenvalue weighted by atomic mass is 127. The summed E-state index contributed by atoms with van der Waals surface area (Å²) in [6, 6.07) is 5.41. The van der Waals surface area contributed by atoms with E-state index < -0.39 is 11.7 Å². The molecule has 1 amide bonds. The number of alkyl halides is 3. The molecule has 0 radical (unpaired) electrons. The van der Waals surface area contributed by atoms with E-state index in [4.69, 9.17) is 0 Å². The van der Waals surface area contributed by atoms with Crippen molar-refractivity contribution in [3.8, 4) is 0 Å². The van der Waals surface area contributed by atoms with E-state index in [-0.39, 0.29) is 49.0 Å². The highest BCUT2D eigenvalue weighted by Crippen LogP contribution is 2.29. The van der Waals surface area contributed by atoms with E-state index in [1.165, 1.54) is 17.4 Å². The van der Waals surface area contributed by atoms with Gasteiger partial charge in [0.2, 0.25) is 5.91 Å². The van der Waals surface area contributed by atoms with Crippen LogP contribution < -0.4 is 10.6 Å². The quantitative estimate of drug-likeness (QED) is 0.359. The minimum absolute atomic E-state index is 0. The summed E-state index contributed by atoms with van der Waals surface area (Å²) in [5, 5.41) is 6.30. The number of hydrogen-bond donors (Lipinski definition) is 2. The molecule has 5 nitrogen and oxygen atoms in total. The van der Waals surface area contributed by atoms with Crippen molar-refractivity contribution in [1.29, 1.82) is 0 Å². The lowest BCUT2D eigenvalue weighted by Gasteiger charge is -2.25. The van der Waals surface area contributed by atoms with Crippen molar-refractivity contribution < 1.29 is 18.0 Å². The summed E-state index contributed by atoms with van der Waals surface area (Å²) < 4.78 is 38.6. The van der Waals surface area contributed by atoms with Crippen LogP contribution >= 0.6 is 24.0 Å². The number of amides is 1. The Balaban J connectivity index is 0.00000392. The number of likely N-dealkylation sites (N-methyl/N-ethyl adjacent to an activating group) is 1. The largest absolute Gasteiger partial charge is 0.416 e. The number of carbonyl (C=O) groups excluding carboxylic acids is 1. The first-order valence-corrected chi connectivity index (χ1v) is 9.17. The molecular formula is C19H28F3IN4O. The summed E-state index contributed by atoms with van der Waals surface area (Å²) in [6.45, 7) is 0.177. The maximum absolute atomic E-state index is 12.9. The van der Waals surface area contributed by atoms with Gasteiger partial charge in [-0.15, -0.1) is 24.0 Å². The number of benzene rings is 1. The van der Waals surface area contributed by atoms with E-state index in [9.17, 15) is 18.0 Å². The van der Waals surface area contributed by atoms with Gasteiger partial charge in [0.25, 0.3) is 0 Å². The van der Waals surface area contributed by atoms with E-state index in [0.717, 1.165) is 37.8 Å². The average molecular weight is 512 g/mol. The average Bonchev–Trinajstić information content (AvgIpc) is 2.64. The molecule has 28 heavy (non-hydrogen) atoms. The lowest BCUT2D eigenvalue weighted by atomic mass is 9.96. The minimum atomic E-state index is -4.38. The number of nitrogens with one attached hydrogen (secondary N) is 2. The number of hydrogen-bond acceptors (Lipinski definition) is 2. The molecule has 0 unspecified atom stereocenters. The summed E-state index contributed by atoms with van der Waals surface area (Å²) in [5.41, 5.74) is -0.221. The van der Waals surface area contributed by atoms with Gasteiger partial charge in [0.15, 0.2) is 5.96 Å². The number of rotatable bonds is 5. The molecule has 0 aliphatic heterocycles. The second kappa shape index (κ2) is 11.5. The molecule has 1 fully saturated rings. The van der Waals surface area contributed by atoms with E-state index in [1.807, 2.05) is 0 Å². The monoisotopic (exact) mass is 512 g/mol. The fraction of sp³-hybridized carbons (Fsp3) is 0.579. The Morgan fingerprint density at radius 1 is 1.21 bits per heavy atom. The van der Waals surface area contributed by atoms with Gasteiger partial charge in [0.1, 0.15) is 0 Å². The molecule has 0 bridgehead atoms. The van der Waals surface area contributed by atoms with Gasteiger partial charge in [0, 0.05) is 20.1 Å². The van der Waals surface area contributed by atoms with Gasteiger partial charge < -0.3 is 15.5 Å². The molecule has 1 aromatic carbocycles. The van der Waals surface area contributed by atoms with E-state index >= 15 is 0 Å². The van der Waals surface area contributed by atoms with E-state index in [2.05, 4.69) is 15.6 Å². The zero-order valence-corrected chi connectivity index (χ0v) is 18.5. The number of nitrogens with zero attached hydrogens (tertiary/aromatic N) is 2. The van der Waals surface area contributed by atoms with E-state index in [0.29, 0.717) is 11.5 Å². The van der Waals surface area contributed by atoms with Crippen LogP contribution in [-0.2, 0) is 17.5 Å². The molecule has 2 rings (SSSR count). The highest BCUT2D eigenvalue weighted by molar-refractivity contribution is 14.0. The lowest BCUT2D eigenvalue weighted by molar-refractivity contribution is -0.137. The van der Waals surface area contributed by atoms with Gasteiger partial charge in [0.05, 0.1) is 18.7 Å². The second-order valence-electron chi connectivity index (χ2n) is 6.98. The molecule has 158 valence electrons. The van der Waals surface area contributed by atoms with Gasteiger partial charge in [-0.05, 0) is 30.5 Å². The molecule has 0 spiro atoms. The Bertz CT molecular complexity index is 659. The normalized spacial score (nSPS) is 15.5. The fourth-order valence-corrected chi connectivity index (χ4v) is 2.93. The molecular weight excluding hydrogens is 484 g/mol. The van der Waals surface area contributed by atoms with Crippen LogP contribution in [0.5, 0.6) is 0 Å². The molecule has 1 saturated carbocycles. The first-order chi connectivity index (χ1) is 12.8. The van der Waals surface area contributed by atoms with Crippen molar-refractivity contribution in [1.82, 2.24) is 15.5 Å². The van der Waals surface area contributed by atoms with Crippen molar-refractivity contribution in [2.45, 2.75) is 50.9 Å². The van der Waals surface area contributed by atoms with Crippen molar-refractivity contribution >= 4 is 35.8 Å². The van der Waals surface area contributed by atoms with Crippen molar-refractivity contribution in [2.24, 2.45) is 4.99 Å². The van der Waals surface area contributed by atoms with Gasteiger partial charge in [-0.2, -0.15) is 13.2 Å². The molecule has 2 N–H and O–H groups in total. The smallest absolute Gasteiger partial charge is 0.354 e. The molecule has 0 atom stereocenters. The fourth-order valence-electron chi connectivity index (χ4n) is 2.93. The van der Waals surface area contributed by atoms with Gasteiger partial charge in [-0.1, -0.05) is 31.4 Å². The Labute approximate surface area is 181 Å². The van der Waals surface area contributed by atoms with Gasteiger partial charge in [-0.25, -0.2) is 4.99 Å². The minimum Gasteiger partial charge on any atom is -0.354 e. The number of guanidine groups is 1. The summed E-state index contributed by atoms with van der Waals surface area (Å²) in [7, 11) is 3.33. The number of carbonyl (C=O) groups is 1. The third-order valence-corrected chi connectivity index (χ3v) is 4.53. The summed E-state index contributed by atoms with van der Waals surface area (Å²) in [6.07, 6.45) is 1.14. The summed E-state index contributed by atoms with van der Waals surface area (Å²) in [5.74, 6) is 0.349. The topological polar surface area (TPSA) is 56.7 Å². The zero-order valence-electron chi connectivity index (χ0n) is 16.2. The Morgan fingerprint density at radius 2 is 1.89 bits per heavy atom. The SMILES string of the molecule is CN(C)C(=O)CNC(=NCc1cccc(C(F)(F)F)c1)NC1CCCCC1.I. The van der Waals surface area contributed by atoms with Crippen molar-refractivity contribution in [3.63, 3.8) is 0 Å². The molecule has 9 heteroatoms. The zero-order chi connectivity index (χ0) is 19.9. The van der Waals surface area contributed by atoms with Crippen molar-refractivity contribution in [3.05, 3.63) is 35.4 Å². The highest BCUT2D eigenvalue weighted by Gasteiger charge is 2.30. The molecule has 0 aromatic heterocycles. The maximum Gasteiger partial charge on any atom is 0.416 e. The van der Waals surface area contributed by atoms with Crippen LogP contribution in [0.15, 0.2) is 29.3 Å². The van der Waals surface area contributed by atoms with Gasteiger partial charge >= 0.3 is 6.18 Å². The number of halogens is 4. The Kier molecular flexibility index (Phi) is 10.0. The standard InChI is InChI=1S/C19H27F3N4O.HI/c1-26(2)17(27)13-24-18(25-16-9-4-3-5-10-16)23-12-14-7-6-8-15(11-14)19(20,21)22;/h6-8,11,16H,3-5,9-10,12-13H2,1-2H3,(H2,23,24,25);1H. The third-order valence-electron chi connectivity index (χ3n) is 4.53. The number of aliphatic imine (C=N–C) groups is 1. The van der Waals surface area contributed by atoms with Crippen LogP contribution in [0.4, 0.5) is 13.2 Å². The molecule has 1 aliphatic carbocycles. The Hall–Kier alpha value is -1.52. The molecule has 0 saturated heterocycles. The van der Waals surface area contributed by atoms with Crippen LogP contribution in [0.25, 0.3) is 0 Å². The second-order valence-corrected chi connectivity index (χ2v) is 6.98. The van der Waals surface area contributed by atoms with Crippen LogP contribution in [0.3, 0.4) is 0 Å². The first kappa shape index (κ1) is 24.5. The van der Waals surface area contributed by atoms with Gasteiger partial charge in [-0.3, -0.25) is 4.79 Å². The third kappa shape index (κ3) is 8.24. The molecule has 1 aromatic rings. The summed E-state index contributed by atoms with van der Waals surface area (Å²) >= 11 is 0. The first-order valence-electron chi connectivity index (χ1n) is 9.17. The van der Waals surface area contributed by atoms with E-state index in [1.54, 1.807) is 20.2 Å². The lowest BCUT2D eigenvalue weighted by Crippen LogP contribution is -2.47. The van der Waals surface area contributed by atoms with Crippen LogP contribution in [0, 0.1) is 0 Å². The molecule has 0 heterocycles. The van der Waals surface area contributed by atoms with Crippen LogP contribution in [0.1, 0.15) is 43.2 Å². The van der Waals surface area contributed by atoms with Crippen LogP contribution in [0.2, 0.25) is 0 Å². The predicted molar refractivity (Wildman–Crippen MR) is 115 cm³/mol. The van der Waals surface area contributed by atoms with Crippen LogP contribution in [-0.4, -0.2) is 43.4 Å². The predicted octanol–water partition coefficient (Wildman–Crippen LogP) is 3.78.